The summed E-state index contributed by atoms with van der Waals surface area (Å²) in [6.45, 7) is 9.58. The maximum absolute atomic E-state index is 13.1. The van der Waals surface area contributed by atoms with Crippen molar-refractivity contribution >= 4 is 30.1 Å². The smallest absolute Gasteiger partial charge is 0.308 e. The summed E-state index contributed by atoms with van der Waals surface area (Å²) in [4.78, 5) is 37.7. The van der Waals surface area contributed by atoms with Gasteiger partial charge in [-0.1, -0.05) is 30.3 Å². The van der Waals surface area contributed by atoms with Gasteiger partial charge in [-0.05, 0) is 44.5 Å². The lowest BCUT2D eigenvalue weighted by Crippen LogP contribution is -2.43. The van der Waals surface area contributed by atoms with Crippen molar-refractivity contribution in [3.63, 3.8) is 0 Å². The normalized spacial score (nSPS) is 10.9. The number of halogens is 1. The van der Waals surface area contributed by atoms with Gasteiger partial charge < -0.3 is 9.47 Å². The van der Waals surface area contributed by atoms with E-state index in [0.717, 1.165) is 5.56 Å². The van der Waals surface area contributed by atoms with Crippen molar-refractivity contribution < 1.29 is 23.9 Å². The number of Topliss-reactive ketones (excluding diaryl/α,β-unsaturated/α-hetero) is 1. The molecular formula is C24H30ClNO5. The molecule has 0 aliphatic rings. The van der Waals surface area contributed by atoms with Crippen LogP contribution in [0.1, 0.15) is 56.1 Å². The summed E-state index contributed by atoms with van der Waals surface area (Å²) in [5, 5.41) is 0. The predicted molar refractivity (Wildman–Crippen MR) is 121 cm³/mol. The zero-order chi connectivity index (χ0) is 22.3. The Morgan fingerprint density at radius 2 is 1.58 bits per heavy atom. The molecule has 0 atom stereocenters. The fourth-order valence-electron chi connectivity index (χ4n) is 2.90. The average molecular weight is 448 g/mol. The molecule has 0 fully saturated rings. The van der Waals surface area contributed by atoms with Crippen LogP contribution in [0.25, 0.3) is 0 Å². The molecule has 0 unspecified atom stereocenters. The van der Waals surface area contributed by atoms with Gasteiger partial charge in [-0.3, -0.25) is 19.3 Å². The Morgan fingerprint density at radius 1 is 0.935 bits per heavy atom. The van der Waals surface area contributed by atoms with Crippen LogP contribution in [0, 0.1) is 0 Å². The molecule has 6 nitrogen and oxygen atoms in total. The quantitative estimate of drug-likeness (QED) is 0.335. The first-order valence-corrected chi connectivity index (χ1v) is 9.83. The van der Waals surface area contributed by atoms with E-state index in [-0.39, 0.29) is 42.6 Å². The second-order valence-corrected chi connectivity index (χ2v) is 8.13. The van der Waals surface area contributed by atoms with Gasteiger partial charge in [0.05, 0.1) is 6.54 Å². The van der Waals surface area contributed by atoms with Crippen molar-refractivity contribution in [2.75, 3.05) is 6.54 Å². The standard InChI is InChI=1S/C24H29NO5.ClH/c1-17(26)29-16-21-13-20(11-12-23(21)30-18(2)27)22(28)15-25(24(3,4)5)14-19-9-7-6-8-10-19;/h6-13H,14-16H2,1-5H3;1H. The molecule has 0 N–H and O–H groups in total. The number of benzene rings is 2. The lowest BCUT2D eigenvalue weighted by Gasteiger charge is -2.35. The molecule has 0 spiro atoms. The molecular weight excluding hydrogens is 418 g/mol. The largest absolute Gasteiger partial charge is 0.461 e. The topological polar surface area (TPSA) is 72.9 Å². The molecule has 0 aromatic heterocycles. The van der Waals surface area contributed by atoms with E-state index < -0.39 is 11.9 Å². The molecule has 2 aromatic rings. The van der Waals surface area contributed by atoms with E-state index in [4.69, 9.17) is 9.47 Å². The van der Waals surface area contributed by atoms with Gasteiger partial charge >= 0.3 is 11.9 Å². The van der Waals surface area contributed by atoms with E-state index in [1.54, 1.807) is 18.2 Å². The van der Waals surface area contributed by atoms with Crippen molar-refractivity contribution in [2.24, 2.45) is 0 Å². The van der Waals surface area contributed by atoms with E-state index in [0.29, 0.717) is 17.7 Å². The summed E-state index contributed by atoms with van der Waals surface area (Å²) in [5.74, 6) is -0.737. The van der Waals surface area contributed by atoms with Crippen molar-refractivity contribution in [3.8, 4) is 5.75 Å². The van der Waals surface area contributed by atoms with Crippen LogP contribution >= 0.6 is 12.4 Å². The van der Waals surface area contributed by atoms with Crippen molar-refractivity contribution in [3.05, 3.63) is 65.2 Å². The minimum Gasteiger partial charge on any atom is -0.461 e. The fourth-order valence-corrected chi connectivity index (χ4v) is 2.90. The third kappa shape index (κ3) is 8.52. The minimum atomic E-state index is -0.486. The number of esters is 2. The van der Waals surface area contributed by atoms with E-state index in [1.807, 2.05) is 30.3 Å². The molecule has 0 saturated heterocycles. The average Bonchev–Trinajstić information content (AvgIpc) is 2.66. The molecule has 0 heterocycles. The number of ketones is 1. The predicted octanol–water partition coefficient (Wildman–Crippen LogP) is 4.58. The lowest BCUT2D eigenvalue weighted by molar-refractivity contribution is -0.142. The zero-order valence-corrected chi connectivity index (χ0v) is 19.5. The van der Waals surface area contributed by atoms with Crippen LogP contribution < -0.4 is 4.74 Å². The van der Waals surface area contributed by atoms with E-state index in [2.05, 4.69) is 25.7 Å². The van der Waals surface area contributed by atoms with Gasteiger partial charge in [-0.25, -0.2) is 0 Å². The van der Waals surface area contributed by atoms with Gasteiger partial charge in [0.1, 0.15) is 12.4 Å². The first-order valence-electron chi connectivity index (χ1n) is 9.83. The fraction of sp³-hybridized carbons (Fsp3) is 0.375. The van der Waals surface area contributed by atoms with Crippen LogP contribution in [0.4, 0.5) is 0 Å². The third-order valence-electron chi connectivity index (χ3n) is 4.57. The molecule has 0 bridgehead atoms. The summed E-state index contributed by atoms with van der Waals surface area (Å²) in [6, 6.07) is 14.8. The monoisotopic (exact) mass is 447 g/mol. The van der Waals surface area contributed by atoms with Crippen LogP contribution in [0.15, 0.2) is 48.5 Å². The molecule has 31 heavy (non-hydrogen) atoms. The Kier molecular flexibility index (Phi) is 9.88. The van der Waals surface area contributed by atoms with Gasteiger partial charge in [0, 0.05) is 37.1 Å². The number of carbonyl (C=O) groups is 3. The molecule has 0 aliphatic heterocycles. The molecule has 2 rings (SSSR count). The van der Waals surface area contributed by atoms with Gasteiger partial charge in [-0.15, -0.1) is 12.4 Å². The highest BCUT2D eigenvalue weighted by Gasteiger charge is 2.25. The summed E-state index contributed by atoms with van der Waals surface area (Å²) < 4.78 is 10.2. The van der Waals surface area contributed by atoms with Gasteiger partial charge in [0.2, 0.25) is 0 Å². The molecule has 0 aliphatic carbocycles. The molecule has 0 saturated carbocycles. The van der Waals surface area contributed by atoms with Gasteiger partial charge in [0.15, 0.2) is 5.78 Å². The Hall–Kier alpha value is -2.70. The van der Waals surface area contributed by atoms with E-state index >= 15 is 0 Å². The maximum Gasteiger partial charge on any atom is 0.308 e. The van der Waals surface area contributed by atoms with Crippen LogP contribution in [0.5, 0.6) is 5.75 Å². The number of rotatable bonds is 8. The first kappa shape index (κ1) is 26.3. The van der Waals surface area contributed by atoms with Crippen LogP contribution in [-0.4, -0.2) is 34.7 Å². The summed E-state index contributed by atoms with van der Waals surface area (Å²) in [5.41, 5.74) is 1.84. The first-order chi connectivity index (χ1) is 14.1. The maximum atomic E-state index is 13.1. The highest BCUT2D eigenvalue weighted by Crippen LogP contribution is 2.24. The second kappa shape index (κ2) is 11.6. The van der Waals surface area contributed by atoms with Crippen LogP contribution in [0.2, 0.25) is 0 Å². The number of hydrogen-bond acceptors (Lipinski definition) is 6. The number of nitrogens with zero attached hydrogens (tertiary/aromatic N) is 1. The minimum absolute atomic E-state index is 0. The van der Waals surface area contributed by atoms with Crippen LogP contribution in [0.3, 0.4) is 0 Å². The number of ether oxygens (including phenoxy) is 2. The van der Waals surface area contributed by atoms with Gasteiger partial charge in [0.25, 0.3) is 0 Å². The molecule has 7 heteroatoms. The molecule has 0 amide bonds. The Morgan fingerprint density at radius 3 is 2.13 bits per heavy atom. The Labute approximate surface area is 189 Å². The van der Waals surface area contributed by atoms with Crippen molar-refractivity contribution in [1.29, 1.82) is 0 Å². The Bertz CT molecular complexity index is 906. The number of hydrogen-bond donors (Lipinski definition) is 0. The van der Waals surface area contributed by atoms with E-state index in [1.165, 1.54) is 13.8 Å². The summed E-state index contributed by atoms with van der Waals surface area (Å²) in [7, 11) is 0. The third-order valence-corrected chi connectivity index (χ3v) is 4.57. The molecule has 2 aromatic carbocycles. The van der Waals surface area contributed by atoms with Crippen LogP contribution in [-0.2, 0) is 27.5 Å². The molecule has 168 valence electrons. The van der Waals surface area contributed by atoms with Crippen molar-refractivity contribution in [2.45, 2.75) is 53.3 Å². The second-order valence-electron chi connectivity index (χ2n) is 8.13. The SMILES string of the molecule is CC(=O)OCc1cc(C(=O)CN(Cc2ccccc2)C(C)(C)C)ccc1OC(C)=O.Cl. The Balaban J connectivity index is 0.00000480. The summed E-state index contributed by atoms with van der Waals surface area (Å²) >= 11 is 0. The van der Waals surface area contributed by atoms with E-state index in [9.17, 15) is 14.4 Å². The highest BCUT2D eigenvalue weighted by molar-refractivity contribution is 5.98. The van der Waals surface area contributed by atoms with Crippen molar-refractivity contribution in [1.82, 2.24) is 4.90 Å². The van der Waals surface area contributed by atoms with Gasteiger partial charge in [-0.2, -0.15) is 0 Å². The highest BCUT2D eigenvalue weighted by atomic mass is 35.5. The summed E-state index contributed by atoms with van der Waals surface area (Å²) in [6.07, 6.45) is 0. The lowest BCUT2D eigenvalue weighted by atomic mass is 10.0. The zero-order valence-electron chi connectivity index (χ0n) is 18.6. The number of carbonyl (C=O) groups excluding carboxylic acids is 3. The molecule has 0 radical (unpaired) electrons.